The number of nitrogens with zero attached hydrogens (tertiary/aromatic N) is 2. The van der Waals surface area contributed by atoms with Crippen LogP contribution >= 0.6 is 0 Å². The van der Waals surface area contributed by atoms with Gasteiger partial charge in [0, 0.05) is 26.1 Å². The van der Waals surface area contributed by atoms with Gasteiger partial charge in [0.05, 0.1) is 23.7 Å². The van der Waals surface area contributed by atoms with E-state index in [2.05, 4.69) is 15.2 Å². The average molecular weight is 277 g/mol. The Morgan fingerprint density at radius 1 is 1.50 bits per heavy atom. The molecule has 1 fully saturated rings. The summed E-state index contributed by atoms with van der Waals surface area (Å²) < 4.78 is 0. The predicted octanol–water partition coefficient (Wildman–Crippen LogP) is 1.49. The smallest absolute Gasteiger partial charge is 0.222 e. The first kappa shape index (κ1) is 14.8. The van der Waals surface area contributed by atoms with Crippen LogP contribution in [0.1, 0.15) is 38.0 Å². The van der Waals surface area contributed by atoms with E-state index in [9.17, 15) is 9.90 Å². The number of pyridine rings is 1. The minimum absolute atomic E-state index is 0.130. The second kappa shape index (κ2) is 6.70. The molecule has 1 amide bonds. The third-order valence-corrected chi connectivity index (χ3v) is 3.98. The van der Waals surface area contributed by atoms with Crippen LogP contribution in [0.4, 0.5) is 5.69 Å². The Morgan fingerprint density at radius 3 is 2.70 bits per heavy atom. The molecule has 0 radical (unpaired) electrons. The summed E-state index contributed by atoms with van der Waals surface area (Å²) in [6.45, 7) is 3.68. The lowest BCUT2D eigenvalue weighted by atomic mass is 9.96. The fraction of sp³-hybridized carbons (Fsp3) is 0.600. The Balaban J connectivity index is 1.95. The van der Waals surface area contributed by atoms with Crippen LogP contribution in [0.15, 0.2) is 18.3 Å². The highest BCUT2D eigenvalue weighted by atomic mass is 16.3. The molecule has 0 saturated carbocycles. The Kier molecular flexibility index (Phi) is 4.95. The van der Waals surface area contributed by atoms with E-state index in [1.807, 2.05) is 25.3 Å². The number of carbonyl (C=O) groups is 1. The maximum absolute atomic E-state index is 11.6. The minimum Gasteiger partial charge on any atom is -0.387 e. The molecule has 20 heavy (non-hydrogen) atoms. The zero-order valence-corrected chi connectivity index (χ0v) is 12.2. The Labute approximate surface area is 120 Å². The minimum atomic E-state index is -0.483. The standard InChI is InChI=1S/C15H23N3O2/c1-3-14(19)13-5-4-12(10-17-13)18-8-6-11(7-9-18)15(20)16-2/h4-5,10-11,14,19H,3,6-9H2,1-2H3,(H,16,20)/t14-/m1/s1. The van der Waals surface area contributed by atoms with Gasteiger partial charge in [-0.25, -0.2) is 0 Å². The van der Waals surface area contributed by atoms with Crippen LogP contribution in [-0.2, 0) is 4.79 Å². The molecule has 0 spiro atoms. The van der Waals surface area contributed by atoms with Gasteiger partial charge in [0.25, 0.3) is 0 Å². The Hall–Kier alpha value is -1.62. The summed E-state index contributed by atoms with van der Waals surface area (Å²) in [5.41, 5.74) is 1.78. The number of hydrogen-bond acceptors (Lipinski definition) is 4. The van der Waals surface area contributed by atoms with Gasteiger partial charge in [-0.3, -0.25) is 9.78 Å². The zero-order chi connectivity index (χ0) is 14.5. The molecule has 5 nitrogen and oxygen atoms in total. The van der Waals surface area contributed by atoms with Gasteiger partial charge in [0.15, 0.2) is 0 Å². The lowest BCUT2D eigenvalue weighted by molar-refractivity contribution is -0.125. The molecule has 0 unspecified atom stereocenters. The van der Waals surface area contributed by atoms with Crippen molar-refractivity contribution in [2.24, 2.45) is 5.92 Å². The van der Waals surface area contributed by atoms with Gasteiger partial charge < -0.3 is 15.3 Å². The number of carbonyl (C=O) groups excluding carboxylic acids is 1. The van der Waals surface area contributed by atoms with E-state index in [-0.39, 0.29) is 11.8 Å². The van der Waals surface area contributed by atoms with E-state index in [0.717, 1.165) is 37.3 Å². The monoisotopic (exact) mass is 277 g/mol. The van der Waals surface area contributed by atoms with Crippen molar-refractivity contribution in [3.63, 3.8) is 0 Å². The van der Waals surface area contributed by atoms with Crippen LogP contribution in [0.3, 0.4) is 0 Å². The van der Waals surface area contributed by atoms with Crippen LogP contribution < -0.4 is 10.2 Å². The number of aliphatic hydroxyl groups excluding tert-OH is 1. The van der Waals surface area contributed by atoms with Crippen molar-refractivity contribution in [2.45, 2.75) is 32.3 Å². The molecule has 1 atom stereocenters. The number of hydrogen-bond donors (Lipinski definition) is 2. The van der Waals surface area contributed by atoms with Gasteiger partial charge >= 0.3 is 0 Å². The molecular weight excluding hydrogens is 254 g/mol. The van der Waals surface area contributed by atoms with E-state index in [4.69, 9.17) is 0 Å². The molecule has 1 aromatic rings. The molecular formula is C15H23N3O2. The van der Waals surface area contributed by atoms with E-state index in [0.29, 0.717) is 6.42 Å². The average Bonchev–Trinajstić information content (AvgIpc) is 2.53. The summed E-state index contributed by atoms with van der Waals surface area (Å²) >= 11 is 0. The maximum atomic E-state index is 11.6. The van der Waals surface area contributed by atoms with Crippen molar-refractivity contribution in [1.29, 1.82) is 0 Å². The molecule has 0 aliphatic carbocycles. The molecule has 110 valence electrons. The van der Waals surface area contributed by atoms with Crippen LogP contribution in [0, 0.1) is 5.92 Å². The van der Waals surface area contributed by atoms with E-state index in [1.54, 1.807) is 7.05 Å². The van der Waals surface area contributed by atoms with Crippen molar-refractivity contribution >= 4 is 11.6 Å². The lowest BCUT2D eigenvalue weighted by Gasteiger charge is -2.32. The van der Waals surface area contributed by atoms with Crippen LogP contribution in [0.5, 0.6) is 0 Å². The molecule has 1 aliphatic heterocycles. The summed E-state index contributed by atoms with van der Waals surface area (Å²) in [7, 11) is 1.69. The van der Waals surface area contributed by atoms with Crippen molar-refractivity contribution in [3.8, 4) is 0 Å². The number of nitrogens with one attached hydrogen (secondary N) is 1. The first-order chi connectivity index (χ1) is 9.65. The molecule has 1 aliphatic rings. The summed E-state index contributed by atoms with van der Waals surface area (Å²) in [5, 5.41) is 12.5. The highest BCUT2D eigenvalue weighted by molar-refractivity contribution is 5.78. The van der Waals surface area contributed by atoms with Crippen molar-refractivity contribution < 1.29 is 9.90 Å². The molecule has 2 rings (SSSR count). The zero-order valence-electron chi connectivity index (χ0n) is 12.2. The Morgan fingerprint density at radius 2 is 2.20 bits per heavy atom. The van der Waals surface area contributed by atoms with Crippen LogP contribution in [0.25, 0.3) is 0 Å². The van der Waals surface area contributed by atoms with Crippen LogP contribution in [0.2, 0.25) is 0 Å². The first-order valence-electron chi connectivity index (χ1n) is 7.26. The van der Waals surface area contributed by atoms with Gasteiger partial charge in [-0.15, -0.1) is 0 Å². The number of amides is 1. The predicted molar refractivity (Wildman–Crippen MR) is 78.5 cm³/mol. The van der Waals surface area contributed by atoms with Gasteiger partial charge in [0.2, 0.25) is 5.91 Å². The number of piperidine rings is 1. The van der Waals surface area contributed by atoms with Gasteiger partial charge in [-0.2, -0.15) is 0 Å². The SMILES string of the molecule is CC[C@@H](O)c1ccc(N2CCC(C(=O)NC)CC2)cn1. The highest BCUT2D eigenvalue weighted by Gasteiger charge is 2.24. The second-order valence-electron chi connectivity index (χ2n) is 5.24. The van der Waals surface area contributed by atoms with Gasteiger partial charge in [0.1, 0.15) is 0 Å². The summed E-state index contributed by atoms with van der Waals surface area (Å²) in [6, 6.07) is 3.88. The number of anilines is 1. The van der Waals surface area contributed by atoms with E-state index >= 15 is 0 Å². The molecule has 0 bridgehead atoms. The van der Waals surface area contributed by atoms with E-state index < -0.39 is 6.10 Å². The highest BCUT2D eigenvalue weighted by Crippen LogP contribution is 2.24. The van der Waals surface area contributed by atoms with Crippen molar-refractivity contribution in [2.75, 3.05) is 25.0 Å². The van der Waals surface area contributed by atoms with Crippen molar-refractivity contribution in [1.82, 2.24) is 10.3 Å². The topological polar surface area (TPSA) is 65.5 Å². The van der Waals surface area contributed by atoms with Crippen molar-refractivity contribution in [3.05, 3.63) is 24.0 Å². The second-order valence-corrected chi connectivity index (χ2v) is 5.24. The maximum Gasteiger partial charge on any atom is 0.222 e. The largest absolute Gasteiger partial charge is 0.387 e. The molecule has 2 N–H and O–H groups in total. The van der Waals surface area contributed by atoms with Gasteiger partial charge in [-0.1, -0.05) is 6.92 Å². The molecule has 1 aromatic heterocycles. The van der Waals surface area contributed by atoms with E-state index in [1.165, 1.54) is 0 Å². The molecule has 0 aromatic carbocycles. The third kappa shape index (κ3) is 3.28. The molecule has 2 heterocycles. The first-order valence-corrected chi connectivity index (χ1v) is 7.26. The molecule has 1 saturated heterocycles. The Bertz CT molecular complexity index is 439. The fourth-order valence-electron chi connectivity index (χ4n) is 2.59. The summed E-state index contributed by atoms with van der Waals surface area (Å²) in [5.74, 6) is 0.273. The summed E-state index contributed by atoms with van der Waals surface area (Å²) in [6.07, 6.45) is 3.75. The number of aliphatic hydroxyl groups is 1. The third-order valence-electron chi connectivity index (χ3n) is 3.98. The fourth-order valence-corrected chi connectivity index (χ4v) is 2.59. The summed E-state index contributed by atoms with van der Waals surface area (Å²) in [4.78, 5) is 18.2. The molecule has 5 heteroatoms. The van der Waals surface area contributed by atoms with Gasteiger partial charge in [-0.05, 0) is 31.4 Å². The van der Waals surface area contributed by atoms with Crippen LogP contribution in [-0.4, -0.2) is 36.1 Å². The lowest BCUT2D eigenvalue weighted by Crippen LogP contribution is -2.39. The number of rotatable bonds is 4. The quantitative estimate of drug-likeness (QED) is 0.875. The number of aromatic nitrogens is 1. The normalized spacial score (nSPS) is 17.9.